The summed E-state index contributed by atoms with van der Waals surface area (Å²) in [4.78, 5) is 13.8. The van der Waals surface area contributed by atoms with Crippen molar-refractivity contribution in [2.75, 3.05) is 24.7 Å². The Bertz CT molecular complexity index is 987. The first-order chi connectivity index (χ1) is 13.6. The Kier molecular flexibility index (Phi) is 5.93. The van der Waals surface area contributed by atoms with Crippen LogP contribution < -0.4 is 10.6 Å². The summed E-state index contributed by atoms with van der Waals surface area (Å²) in [6.45, 7) is 8.37. The van der Waals surface area contributed by atoms with E-state index in [0.29, 0.717) is 17.2 Å². The monoisotopic (exact) mass is 413 g/mol. The molecule has 0 spiro atoms. The second kappa shape index (κ2) is 8.24. The molecule has 7 nitrogen and oxygen atoms in total. The molecule has 0 aliphatic rings. The maximum absolute atomic E-state index is 12.2. The normalized spacial score (nSPS) is 12.5. The number of aryl methyl sites for hydroxylation is 1. The van der Waals surface area contributed by atoms with E-state index in [2.05, 4.69) is 40.2 Å². The van der Waals surface area contributed by atoms with Gasteiger partial charge in [-0.25, -0.2) is 0 Å². The van der Waals surface area contributed by atoms with Crippen molar-refractivity contribution in [1.82, 2.24) is 13.6 Å². The zero-order valence-electron chi connectivity index (χ0n) is 17.6. The van der Waals surface area contributed by atoms with Gasteiger partial charge in [-0.3, -0.25) is 4.79 Å². The summed E-state index contributed by atoms with van der Waals surface area (Å²) in [5, 5.41) is 6.75. The quantitative estimate of drug-likeness (QED) is 0.586. The van der Waals surface area contributed by atoms with E-state index in [1.807, 2.05) is 37.3 Å². The van der Waals surface area contributed by atoms with Crippen LogP contribution in [0.1, 0.15) is 48.7 Å². The average molecular weight is 414 g/mol. The second-order valence-electron chi connectivity index (χ2n) is 8.26. The molecule has 0 bridgehead atoms. The first-order valence-electron chi connectivity index (χ1n) is 9.39. The van der Waals surface area contributed by atoms with Crippen LogP contribution in [0, 0.1) is 12.3 Å². The number of rotatable bonds is 6. The Morgan fingerprint density at radius 3 is 2.48 bits per heavy atom. The number of carbonyl (C=O) groups is 1. The summed E-state index contributed by atoms with van der Waals surface area (Å²) < 4.78 is 14.7. The number of hydrogen-bond acceptors (Lipinski definition) is 7. The van der Waals surface area contributed by atoms with Crippen LogP contribution in [0.5, 0.6) is 0 Å². The van der Waals surface area contributed by atoms with Gasteiger partial charge in [-0.1, -0.05) is 26.8 Å². The maximum Gasteiger partial charge on any atom is 0.253 e. The summed E-state index contributed by atoms with van der Waals surface area (Å²) in [5.74, 6) is 2.93. The Hall–Kier alpha value is -2.87. The van der Waals surface area contributed by atoms with Crippen molar-refractivity contribution in [3.05, 3.63) is 53.5 Å². The fourth-order valence-electron chi connectivity index (χ4n) is 2.95. The summed E-state index contributed by atoms with van der Waals surface area (Å²) in [6, 6.07) is 11.2. The molecule has 3 rings (SSSR count). The number of anilines is 3. The lowest BCUT2D eigenvalue weighted by Crippen LogP contribution is -2.25. The average Bonchev–Trinajstić information content (AvgIpc) is 3.27. The molecule has 29 heavy (non-hydrogen) atoms. The minimum absolute atomic E-state index is 0.0515. The van der Waals surface area contributed by atoms with E-state index < -0.39 is 0 Å². The fourth-order valence-corrected chi connectivity index (χ4v) is 3.43. The Morgan fingerprint density at radius 1 is 1.14 bits per heavy atom. The lowest BCUT2D eigenvalue weighted by molar-refractivity contribution is 0.0827. The molecule has 8 heteroatoms. The third-order valence-electron chi connectivity index (χ3n) is 4.46. The smallest absolute Gasteiger partial charge is 0.253 e. The van der Waals surface area contributed by atoms with Crippen molar-refractivity contribution >= 4 is 35.0 Å². The predicted octanol–water partition coefficient (Wildman–Crippen LogP) is 5.08. The lowest BCUT2D eigenvalue weighted by Gasteiger charge is -2.30. The van der Waals surface area contributed by atoms with Gasteiger partial charge in [0.15, 0.2) is 11.6 Å². The first kappa shape index (κ1) is 20.9. The Balaban J connectivity index is 1.84. The van der Waals surface area contributed by atoms with Crippen LogP contribution in [0.3, 0.4) is 0 Å². The topological polar surface area (TPSA) is 83.3 Å². The molecule has 0 fully saturated rings. The lowest BCUT2D eigenvalue weighted by atomic mass is 9.85. The van der Waals surface area contributed by atoms with E-state index in [1.54, 1.807) is 25.1 Å². The van der Waals surface area contributed by atoms with Crippen LogP contribution in [0.4, 0.5) is 17.3 Å². The zero-order valence-corrected chi connectivity index (χ0v) is 18.4. The van der Waals surface area contributed by atoms with E-state index in [1.165, 1.54) is 0 Å². The highest BCUT2D eigenvalue weighted by molar-refractivity contribution is 6.99. The van der Waals surface area contributed by atoms with Gasteiger partial charge < -0.3 is 20.0 Å². The van der Waals surface area contributed by atoms with E-state index in [4.69, 9.17) is 4.42 Å². The van der Waals surface area contributed by atoms with Crippen LogP contribution in [-0.2, 0) is 0 Å². The van der Waals surface area contributed by atoms with Gasteiger partial charge in [0.25, 0.3) is 5.91 Å². The molecule has 1 unspecified atom stereocenters. The molecule has 2 N–H and O–H groups in total. The maximum atomic E-state index is 12.2. The van der Waals surface area contributed by atoms with Gasteiger partial charge in [-0.05, 0) is 42.7 Å². The van der Waals surface area contributed by atoms with Gasteiger partial charge in [0.1, 0.15) is 11.5 Å². The summed E-state index contributed by atoms with van der Waals surface area (Å²) >= 11 is 1.12. The van der Waals surface area contributed by atoms with Gasteiger partial charge in [0.2, 0.25) is 0 Å². The Labute approximate surface area is 175 Å². The van der Waals surface area contributed by atoms with Gasteiger partial charge in [0.05, 0.1) is 17.8 Å². The summed E-state index contributed by atoms with van der Waals surface area (Å²) in [7, 11) is 3.47. The van der Waals surface area contributed by atoms with E-state index >= 15 is 0 Å². The standard InChI is InChI=1S/C21H27N5O2S/c1-13-10-11-16(28-13)17(21(2,3)4)23-19-18(24-29-25-19)22-15-9-7-8-14(12-15)20(27)26(5)6/h7-12,17H,1-6H3,(H,22,24)(H,23,25). The SMILES string of the molecule is Cc1ccc(C(Nc2nsnc2Nc2cccc(C(=O)N(C)C)c2)C(C)(C)C)o1. The molecule has 3 aromatic rings. The second-order valence-corrected chi connectivity index (χ2v) is 8.79. The molecule has 2 heterocycles. The third kappa shape index (κ3) is 4.95. The minimum atomic E-state index is -0.108. The number of furan rings is 1. The van der Waals surface area contributed by atoms with E-state index in [9.17, 15) is 4.79 Å². The summed E-state index contributed by atoms with van der Waals surface area (Å²) in [6.07, 6.45) is 0. The largest absolute Gasteiger partial charge is 0.464 e. The van der Waals surface area contributed by atoms with Crippen LogP contribution in [0.2, 0.25) is 0 Å². The highest BCUT2D eigenvalue weighted by Gasteiger charge is 2.30. The molecular weight excluding hydrogens is 386 g/mol. The van der Waals surface area contributed by atoms with Gasteiger partial charge in [-0.2, -0.15) is 8.75 Å². The number of aromatic nitrogens is 2. The first-order valence-corrected chi connectivity index (χ1v) is 10.1. The molecule has 0 saturated carbocycles. The zero-order chi connectivity index (χ0) is 21.2. The molecular formula is C21H27N5O2S. The number of nitrogens with one attached hydrogen (secondary N) is 2. The van der Waals surface area contributed by atoms with Crippen LogP contribution in [-0.4, -0.2) is 33.6 Å². The molecule has 1 amide bonds. The molecule has 1 aromatic carbocycles. The molecule has 2 aromatic heterocycles. The van der Waals surface area contributed by atoms with Crippen molar-refractivity contribution in [1.29, 1.82) is 0 Å². The van der Waals surface area contributed by atoms with Crippen molar-refractivity contribution < 1.29 is 9.21 Å². The minimum Gasteiger partial charge on any atom is -0.464 e. The van der Waals surface area contributed by atoms with Gasteiger partial charge >= 0.3 is 0 Å². The molecule has 154 valence electrons. The molecule has 1 atom stereocenters. The fraction of sp³-hybridized carbons (Fsp3) is 0.381. The van der Waals surface area contributed by atoms with Gasteiger partial charge in [0, 0.05) is 25.3 Å². The number of benzene rings is 1. The van der Waals surface area contributed by atoms with Crippen LogP contribution in [0.15, 0.2) is 40.8 Å². The molecule has 0 aliphatic carbocycles. The van der Waals surface area contributed by atoms with Gasteiger partial charge in [-0.15, -0.1) is 0 Å². The number of nitrogens with zero attached hydrogens (tertiary/aromatic N) is 3. The Morgan fingerprint density at radius 2 is 1.86 bits per heavy atom. The van der Waals surface area contributed by atoms with E-state index in [-0.39, 0.29) is 17.4 Å². The number of amides is 1. The van der Waals surface area contributed by atoms with Crippen molar-refractivity contribution in [3.8, 4) is 0 Å². The van der Waals surface area contributed by atoms with Crippen LogP contribution in [0.25, 0.3) is 0 Å². The molecule has 0 radical (unpaired) electrons. The highest BCUT2D eigenvalue weighted by Crippen LogP contribution is 2.38. The van der Waals surface area contributed by atoms with E-state index in [0.717, 1.165) is 28.9 Å². The van der Waals surface area contributed by atoms with Crippen LogP contribution >= 0.6 is 11.7 Å². The number of carbonyl (C=O) groups excluding carboxylic acids is 1. The number of hydrogen-bond donors (Lipinski definition) is 2. The third-order valence-corrected chi connectivity index (χ3v) is 4.99. The van der Waals surface area contributed by atoms with Crippen molar-refractivity contribution in [2.45, 2.75) is 33.7 Å². The predicted molar refractivity (Wildman–Crippen MR) is 117 cm³/mol. The van der Waals surface area contributed by atoms with Crippen molar-refractivity contribution in [2.24, 2.45) is 5.41 Å². The highest BCUT2D eigenvalue weighted by atomic mass is 32.1. The molecule has 0 aliphatic heterocycles. The molecule has 0 saturated heterocycles. The van der Waals surface area contributed by atoms with Crippen molar-refractivity contribution in [3.63, 3.8) is 0 Å². The summed E-state index contributed by atoms with van der Waals surface area (Å²) in [5.41, 5.74) is 1.27.